The van der Waals surface area contributed by atoms with Gasteiger partial charge in [0.15, 0.2) is 5.75 Å². The second-order valence-electron chi connectivity index (χ2n) is 6.73. The minimum Gasteiger partial charge on any atom is -0.503 e. The maximum Gasteiger partial charge on any atom is 0.383 e. The van der Waals surface area contributed by atoms with E-state index in [1.807, 2.05) is 6.08 Å². The SMILES string of the molecule is CCCCCCC=COc1c(O)c2c(OCCCCC(=O)O)cccc2oc1=O. The van der Waals surface area contributed by atoms with Crippen LogP contribution in [-0.2, 0) is 4.79 Å². The van der Waals surface area contributed by atoms with Crippen LogP contribution in [0.1, 0.15) is 58.3 Å². The lowest BCUT2D eigenvalue weighted by Gasteiger charge is -2.11. The van der Waals surface area contributed by atoms with Gasteiger partial charge in [-0.25, -0.2) is 4.79 Å². The number of carboxylic acid groups (broad SMARTS) is 1. The summed E-state index contributed by atoms with van der Waals surface area (Å²) in [5.74, 6) is -1.14. The molecule has 0 saturated heterocycles. The van der Waals surface area contributed by atoms with Crippen LogP contribution in [-0.4, -0.2) is 22.8 Å². The molecular weight excluding hydrogens is 376 g/mol. The third kappa shape index (κ3) is 6.85. The van der Waals surface area contributed by atoms with Crippen LogP contribution in [0.3, 0.4) is 0 Å². The molecule has 0 aliphatic carbocycles. The number of hydrogen-bond acceptors (Lipinski definition) is 6. The molecule has 0 atom stereocenters. The summed E-state index contributed by atoms with van der Waals surface area (Å²) in [5.41, 5.74) is -0.587. The number of allylic oxidation sites excluding steroid dienone is 1. The lowest BCUT2D eigenvalue weighted by Crippen LogP contribution is -2.05. The quantitative estimate of drug-likeness (QED) is 0.275. The van der Waals surface area contributed by atoms with E-state index in [0.717, 1.165) is 25.7 Å². The zero-order chi connectivity index (χ0) is 21.1. The van der Waals surface area contributed by atoms with E-state index in [9.17, 15) is 14.7 Å². The lowest BCUT2D eigenvalue weighted by molar-refractivity contribution is -0.137. The number of benzene rings is 1. The van der Waals surface area contributed by atoms with Gasteiger partial charge in [-0.3, -0.25) is 4.79 Å². The molecule has 1 aromatic heterocycles. The Morgan fingerprint density at radius 1 is 1.17 bits per heavy atom. The molecule has 7 nitrogen and oxygen atoms in total. The number of aliphatic carboxylic acids is 1. The van der Waals surface area contributed by atoms with E-state index >= 15 is 0 Å². The highest BCUT2D eigenvalue weighted by Gasteiger charge is 2.18. The van der Waals surface area contributed by atoms with Crippen LogP contribution < -0.4 is 15.1 Å². The fourth-order valence-electron chi connectivity index (χ4n) is 2.84. The van der Waals surface area contributed by atoms with Gasteiger partial charge < -0.3 is 24.1 Å². The molecule has 0 aliphatic heterocycles. The van der Waals surface area contributed by atoms with E-state index < -0.39 is 11.6 Å². The lowest BCUT2D eigenvalue weighted by atomic mass is 10.1. The first-order valence-electron chi connectivity index (χ1n) is 9.99. The number of fused-ring (bicyclic) bond motifs is 1. The Labute approximate surface area is 169 Å². The van der Waals surface area contributed by atoms with Crippen molar-refractivity contribution in [3.63, 3.8) is 0 Å². The van der Waals surface area contributed by atoms with Gasteiger partial charge in [-0.05, 0) is 43.9 Å². The van der Waals surface area contributed by atoms with Gasteiger partial charge in [-0.1, -0.05) is 32.3 Å². The number of carboxylic acids is 1. The predicted molar refractivity (Wildman–Crippen MR) is 110 cm³/mol. The van der Waals surface area contributed by atoms with Gasteiger partial charge in [-0.15, -0.1) is 0 Å². The van der Waals surface area contributed by atoms with Crippen molar-refractivity contribution in [1.82, 2.24) is 0 Å². The van der Waals surface area contributed by atoms with E-state index in [1.165, 1.54) is 12.7 Å². The minimum absolute atomic E-state index is 0.0712. The topological polar surface area (TPSA) is 106 Å². The second kappa shape index (κ2) is 11.8. The molecule has 1 heterocycles. The van der Waals surface area contributed by atoms with Crippen LogP contribution in [0.15, 0.2) is 39.7 Å². The average Bonchev–Trinajstić information content (AvgIpc) is 2.68. The summed E-state index contributed by atoms with van der Waals surface area (Å²) in [4.78, 5) is 22.7. The van der Waals surface area contributed by atoms with Crippen molar-refractivity contribution in [1.29, 1.82) is 0 Å². The highest BCUT2D eigenvalue weighted by Crippen LogP contribution is 2.37. The summed E-state index contributed by atoms with van der Waals surface area (Å²) >= 11 is 0. The number of rotatable bonds is 13. The summed E-state index contributed by atoms with van der Waals surface area (Å²) < 4.78 is 16.3. The Kier molecular flexibility index (Phi) is 9.08. The van der Waals surface area contributed by atoms with Crippen molar-refractivity contribution in [2.45, 2.75) is 58.3 Å². The highest BCUT2D eigenvalue weighted by molar-refractivity contribution is 5.91. The average molecular weight is 404 g/mol. The van der Waals surface area contributed by atoms with Crippen molar-refractivity contribution >= 4 is 16.9 Å². The monoisotopic (exact) mass is 404 g/mol. The van der Waals surface area contributed by atoms with Gasteiger partial charge >= 0.3 is 11.6 Å². The number of ether oxygens (including phenoxy) is 2. The van der Waals surface area contributed by atoms with E-state index in [-0.39, 0.29) is 35.5 Å². The molecule has 0 fully saturated rings. The molecule has 0 bridgehead atoms. The Hall–Kier alpha value is -2.96. The molecule has 0 aliphatic rings. The number of hydrogen-bond donors (Lipinski definition) is 2. The fraction of sp³-hybridized carbons (Fsp3) is 0.455. The molecule has 1 aromatic carbocycles. The van der Waals surface area contributed by atoms with Crippen molar-refractivity contribution < 1.29 is 28.9 Å². The van der Waals surface area contributed by atoms with E-state index in [2.05, 4.69) is 6.92 Å². The van der Waals surface area contributed by atoms with Crippen molar-refractivity contribution in [2.24, 2.45) is 0 Å². The van der Waals surface area contributed by atoms with Crippen LogP contribution in [0, 0.1) is 0 Å². The van der Waals surface area contributed by atoms with Crippen LogP contribution in [0.2, 0.25) is 0 Å². The molecule has 2 aromatic rings. The van der Waals surface area contributed by atoms with Crippen LogP contribution in [0.25, 0.3) is 11.0 Å². The molecule has 0 radical (unpaired) electrons. The Morgan fingerprint density at radius 3 is 2.76 bits per heavy atom. The molecule has 0 spiro atoms. The van der Waals surface area contributed by atoms with Gasteiger partial charge in [-0.2, -0.15) is 0 Å². The smallest absolute Gasteiger partial charge is 0.383 e. The van der Waals surface area contributed by atoms with E-state index in [0.29, 0.717) is 18.6 Å². The first-order valence-corrected chi connectivity index (χ1v) is 9.99. The maximum atomic E-state index is 12.2. The molecule has 2 rings (SSSR count). The molecule has 7 heteroatoms. The van der Waals surface area contributed by atoms with Gasteiger partial charge in [0.05, 0.1) is 12.9 Å². The molecule has 0 saturated carbocycles. The van der Waals surface area contributed by atoms with Crippen LogP contribution in [0.4, 0.5) is 0 Å². The maximum absolute atomic E-state index is 12.2. The molecular formula is C22H28O7. The van der Waals surface area contributed by atoms with E-state index in [4.69, 9.17) is 19.0 Å². The van der Waals surface area contributed by atoms with Gasteiger partial charge in [0, 0.05) is 6.42 Å². The first kappa shape index (κ1) is 22.3. The second-order valence-corrected chi connectivity index (χ2v) is 6.73. The number of carbonyl (C=O) groups is 1. The van der Waals surface area contributed by atoms with Gasteiger partial charge in [0.1, 0.15) is 16.7 Å². The Morgan fingerprint density at radius 2 is 2.00 bits per heavy atom. The van der Waals surface area contributed by atoms with Crippen molar-refractivity contribution in [2.75, 3.05) is 6.61 Å². The molecule has 0 unspecified atom stereocenters. The minimum atomic E-state index is -0.852. The van der Waals surface area contributed by atoms with Crippen molar-refractivity contribution in [3.8, 4) is 17.2 Å². The predicted octanol–water partition coefficient (Wildman–Crippen LogP) is 5.00. The number of aromatic hydroxyl groups is 1. The zero-order valence-corrected chi connectivity index (χ0v) is 16.7. The largest absolute Gasteiger partial charge is 0.503 e. The van der Waals surface area contributed by atoms with E-state index in [1.54, 1.807) is 18.2 Å². The fourth-order valence-corrected chi connectivity index (χ4v) is 2.84. The third-order valence-electron chi connectivity index (χ3n) is 4.38. The molecule has 158 valence electrons. The third-order valence-corrected chi connectivity index (χ3v) is 4.38. The standard InChI is InChI=1S/C22H28O7/c1-2-3-4-5-6-8-15-28-21-20(25)19-16(27-14-9-7-13-18(23)24)11-10-12-17(19)29-22(21)26/h8,10-12,15,25H,2-7,9,13-14H2,1H3,(H,23,24). The van der Waals surface area contributed by atoms with Gasteiger partial charge in [0.25, 0.3) is 5.75 Å². The number of unbranched alkanes of at least 4 members (excludes halogenated alkanes) is 5. The Balaban J connectivity index is 2.09. The summed E-state index contributed by atoms with van der Waals surface area (Å²) in [5, 5.41) is 19.5. The highest BCUT2D eigenvalue weighted by atomic mass is 16.5. The zero-order valence-electron chi connectivity index (χ0n) is 16.7. The first-order chi connectivity index (χ1) is 14.0. The molecule has 2 N–H and O–H groups in total. The van der Waals surface area contributed by atoms with Crippen molar-refractivity contribution in [3.05, 3.63) is 41.0 Å². The normalized spacial score (nSPS) is 11.2. The summed E-state index contributed by atoms with van der Waals surface area (Å²) in [6.07, 6.45) is 9.64. The molecule has 29 heavy (non-hydrogen) atoms. The summed E-state index contributed by atoms with van der Waals surface area (Å²) in [6.45, 7) is 2.42. The van der Waals surface area contributed by atoms with Crippen LogP contribution in [0.5, 0.6) is 17.2 Å². The summed E-state index contributed by atoms with van der Waals surface area (Å²) in [7, 11) is 0. The Bertz CT molecular complexity index is 883. The molecule has 0 amide bonds. The van der Waals surface area contributed by atoms with Gasteiger partial charge in [0.2, 0.25) is 0 Å². The summed E-state index contributed by atoms with van der Waals surface area (Å²) in [6, 6.07) is 4.85. The van der Waals surface area contributed by atoms with Crippen LogP contribution >= 0.6 is 0 Å².